The SMILES string of the molecule is CCNC(=NCC1CN(C)CCO1)N(C)CCc1cccs1.I. The topological polar surface area (TPSA) is 40.1 Å². The second-order valence-corrected chi connectivity index (χ2v) is 6.73. The first-order valence-electron chi connectivity index (χ1n) is 8.01. The summed E-state index contributed by atoms with van der Waals surface area (Å²) >= 11 is 1.81. The zero-order chi connectivity index (χ0) is 15.8. The quantitative estimate of drug-likeness (QED) is 0.408. The van der Waals surface area contributed by atoms with E-state index in [2.05, 4.69) is 53.6 Å². The number of aliphatic imine (C=N–C) groups is 1. The van der Waals surface area contributed by atoms with Gasteiger partial charge in [-0.15, -0.1) is 35.3 Å². The molecule has 7 heteroatoms. The Bertz CT molecular complexity index is 455. The summed E-state index contributed by atoms with van der Waals surface area (Å²) in [5.74, 6) is 0.968. The minimum Gasteiger partial charge on any atom is -0.374 e. The van der Waals surface area contributed by atoms with Gasteiger partial charge in [0.1, 0.15) is 0 Å². The molecule has 1 N–H and O–H groups in total. The Hall–Kier alpha value is -0.380. The van der Waals surface area contributed by atoms with Crippen LogP contribution in [0.4, 0.5) is 0 Å². The molecule has 1 fully saturated rings. The lowest BCUT2D eigenvalue weighted by atomic mass is 10.3. The van der Waals surface area contributed by atoms with Gasteiger partial charge in [0.2, 0.25) is 0 Å². The fourth-order valence-corrected chi connectivity index (χ4v) is 3.17. The van der Waals surface area contributed by atoms with Crippen LogP contribution in [0.2, 0.25) is 0 Å². The largest absolute Gasteiger partial charge is 0.374 e. The molecule has 0 saturated carbocycles. The number of nitrogens with zero attached hydrogens (tertiary/aromatic N) is 3. The summed E-state index contributed by atoms with van der Waals surface area (Å²) in [5.41, 5.74) is 0. The second kappa shape index (κ2) is 11.2. The summed E-state index contributed by atoms with van der Waals surface area (Å²) in [4.78, 5) is 10.7. The molecule has 1 saturated heterocycles. The van der Waals surface area contributed by atoms with E-state index in [-0.39, 0.29) is 30.1 Å². The van der Waals surface area contributed by atoms with Crippen LogP contribution in [-0.4, -0.2) is 75.3 Å². The summed E-state index contributed by atoms with van der Waals surface area (Å²) in [7, 11) is 4.24. The Kier molecular flexibility index (Phi) is 10.1. The molecule has 0 aromatic carbocycles. The third-order valence-corrected chi connectivity index (χ3v) is 4.69. The highest BCUT2D eigenvalue weighted by Gasteiger charge is 2.17. The van der Waals surface area contributed by atoms with Crippen LogP contribution >= 0.6 is 35.3 Å². The van der Waals surface area contributed by atoms with Gasteiger partial charge in [-0.25, -0.2) is 0 Å². The van der Waals surface area contributed by atoms with Crippen LogP contribution in [0, 0.1) is 0 Å². The van der Waals surface area contributed by atoms with Gasteiger partial charge < -0.3 is 19.9 Å². The number of morpholine rings is 1. The molecule has 132 valence electrons. The third-order valence-electron chi connectivity index (χ3n) is 3.76. The van der Waals surface area contributed by atoms with Crippen molar-refractivity contribution in [1.82, 2.24) is 15.1 Å². The van der Waals surface area contributed by atoms with Crippen molar-refractivity contribution in [3.8, 4) is 0 Å². The van der Waals surface area contributed by atoms with Gasteiger partial charge in [0.15, 0.2) is 5.96 Å². The monoisotopic (exact) mass is 452 g/mol. The molecule has 2 rings (SSSR count). The molecule has 1 atom stereocenters. The average molecular weight is 452 g/mol. The molecule has 1 aliphatic heterocycles. The van der Waals surface area contributed by atoms with Crippen molar-refractivity contribution in [3.05, 3.63) is 22.4 Å². The Morgan fingerprint density at radius 2 is 2.39 bits per heavy atom. The Morgan fingerprint density at radius 1 is 1.57 bits per heavy atom. The highest BCUT2D eigenvalue weighted by Crippen LogP contribution is 2.09. The predicted octanol–water partition coefficient (Wildman–Crippen LogP) is 2.14. The molecule has 1 aromatic heterocycles. The van der Waals surface area contributed by atoms with E-state index in [4.69, 9.17) is 9.73 Å². The van der Waals surface area contributed by atoms with Gasteiger partial charge >= 0.3 is 0 Å². The normalized spacial score (nSPS) is 19.3. The number of likely N-dealkylation sites (N-methyl/N-ethyl adjacent to an activating group) is 2. The molecule has 5 nitrogen and oxygen atoms in total. The fraction of sp³-hybridized carbons (Fsp3) is 0.688. The lowest BCUT2D eigenvalue weighted by Gasteiger charge is -2.29. The maximum absolute atomic E-state index is 5.78. The fourth-order valence-electron chi connectivity index (χ4n) is 2.47. The van der Waals surface area contributed by atoms with E-state index in [1.807, 2.05) is 11.3 Å². The first kappa shape index (κ1) is 20.7. The Labute approximate surface area is 161 Å². The summed E-state index contributed by atoms with van der Waals surface area (Å²) in [5, 5.41) is 5.50. The summed E-state index contributed by atoms with van der Waals surface area (Å²) in [6.45, 7) is 7.46. The van der Waals surface area contributed by atoms with E-state index >= 15 is 0 Å². The van der Waals surface area contributed by atoms with Gasteiger partial charge in [-0.05, 0) is 31.8 Å². The van der Waals surface area contributed by atoms with Crippen LogP contribution in [0.5, 0.6) is 0 Å². The van der Waals surface area contributed by atoms with Crippen molar-refractivity contribution >= 4 is 41.3 Å². The van der Waals surface area contributed by atoms with Crippen LogP contribution in [-0.2, 0) is 11.2 Å². The number of rotatable bonds is 6. The molecule has 2 heterocycles. The van der Waals surface area contributed by atoms with Crippen molar-refractivity contribution in [2.75, 3.05) is 53.4 Å². The van der Waals surface area contributed by atoms with Crippen molar-refractivity contribution < 1.29 is 4.74 Å². The van der Waals surface area contributed by atoms with Gasteiger partial charge in [0.25, 0.3) is 0 Å². The first-order valence-corrected chi connectivity index (χ1v) is 8.89. The molecule has 0 spiro atoms. The summed E-state index contributed by atoms with van der Waals surface area (Å²) in [6, 6.07) is 4.30. The van der Waals surface area contributed by atoms with Crippen LogP contribution < -0.4 is 5.32 Å². The average Bonchev–Trinajstić information content (AvgIpc) is 3.02. The van der Waals surface area contributed by atoms with Crippen LogP contribution in [0.3, 0.4) is 0 Å². The van der Waals surface area contributed by atoms with Gasteiger partial charge in [0.05, 0.1) is 19.3 Å². The van der Waals surface area contributed by atoms with Gasteiger partial charge in [-0.2, -0.15) is 0 Å². The van der Waals surface area contributed by atoms with Crippen molar-refractivity contribution in [2.24, 2.45) is 4.99 Å². The minimum atomic E-state index is 0. The molecule has 0 amide bonds. The molecule has 0 radical (unpaired) electrons. The van der Waals surface area contributed by atoms with Gasteiger partial charge in [-0.1, -0.05) is 6.07 Å². The van der Waals surface area contributed by atoms with E-state index in [0.29, 0.717) is 0 Å². The third kappa shape index (κ3) is 7.36. The lowest BCUT2D eigenvalue weighted by Crippen LogP contribution is -2.43. The summed E-state index contributed by atoms with van der Waals surface area (Å²) < 4.78 is 5.78. The zero-order valence-corrected chi connectivity index (χ0v) is 17.5. The van der Waals surface area contributed by atoms with Crippen LogP contribution in [0.1, 0.15) is 11.8 Å². The van der Waals surface area contributed by atoms with Gasteiger partial charge in [-0.3, -0.25) is 4.99 Å². The number of guanidine groups is 1. The van der Waals surface area contributed by atoms with E-state index in [1.54, 1.807) is 0 Å². The van der Waals surface area contributed by atoms with E-state index in [9.17, 15) is 0 Å². The number of hydrogen-bond acceptors (Lipinski definition) is 4. The molecular weight excluding hydrogens is 423 g/mol. The standard InChI is InChI=1S/C16H28N4OS.HI/c1-4-17-16(18-12-14-13-19(2)9-10-21-14)20(3)8-7-15-6-5-11-22-15;/h5-6,11,14H,4,7-10,12-13H2,1-3H3,(H,17,18);1H. The number of halogens is 1. The van der Waals surface area contributed by atoms with Crippen LogP contribution in [0.25, 0.3) is 0 Å². The van der Waals surface area contributed by atoms with Crippen LogP contribution in [0.15, 0.2) is 22.5 Å². The zero-order valence-electron chi connectivity index (χ0n) is 14.3. The van der Waals surface area contributed by atoms with Crippen molar-refractivity contribution in [2.45, 2.75) is 19.4 Å². The minimum absolute atomic E-state index is 0. The highest BCUT2D eigenvalue weighted by molar-refractivity contribution is 14.0. The summed E-state index contributed by atoms with van der Waals surface area (Å²) in [6.07, 6.45) is 1.26. The number of ether oxygens (including phenoxy) is 1. The van der Waals surface area contributed by atoms with E-state index < -0.39 is 0 Å². The maximum Gasteiger partial charge on any atom is 0.193 e. The van der Waals surface area contributed by atoms with E-state index in [1.165, 1.54) is 4.88 Å². The first-order chi connectivity index (χ1) is 10.7. The Morgan fingerprint density at radius 3 is 3.04 bits per heavy atom. The molecule has 0 bridgehead atoms. The van der Waals surface area contributed by atoms with Crippen molar-refractivity contribution in [1.29, 1.82) is 0 Å². The molecule has 1 aliphatic rings. The molecule has 23 heavy (non-hydrogen) atoms. The second-order valence-electron chi connectivity index (χ2n) is 5.70. The number of hydrogen-bond donors (Lipinski definition) is 1. The van der Waals surface area contributed by atoms with Crippen molar-refractivity contribution in [3.63, 3.8) is 0 Å². The van der Waals surface area contributed by atoms with Gasteiger partial charge in [0, 0.05) is 38.1 Å². The molecule has 1 unspecified atom stereocenters. The number of nitrogens with one attached hydrogen (secondary N) is 1. The predicted molar refractivity (Wildman–Crippen MR) is 109 cm³/mol. The number of thiophene rings is 1. The highest BCUT2D eigenvalue weighted by atomic mass is 127. The molecule has 0 aliphatic carbocycles. The maximum atomic E-state index is 5.78. The molecule has 1 aromatic rings. The molecular formula is C16H29IN4OS. The smallest absolute Gasteiger partial charge is 0.193 e. The van der Waals surface area contributed by atoms with E-state index in [0.717, 1.165) is 51.7 Å². The lowest BCUT2D eigenvalue weighted by molar-refractivity contribution is -0.0137. The Balaban J connectivity index is 0.00000264.